The van der Waals surface area contributed by atoms with Gasteiger partial charge >= 0.3 is 0 Å². The fraction of sp³-hybridized carbons (Fsp3) is 0.280. The topological polar surface area (TPSA) is 126 Å². The molecule has 0 radical (unpaired) electrons. The van der Waals surface area contributed by atoms with Crippen LogP contribution in [0.4, 0.5) is 17.5 Å². The molecule has 0 aliphatic carbocycles. The highest BCUT2D eigenvalue weighted by atomic mass is 16.6. The first-order chi connectivity index (χ1) is 17.0. The number of H-pyrrole nitrogens is 1. The predicted octanol–water partition coefficient (Wildman–Crippen LogP) is 2.17. The predicted molar refractivity (Wildman–Crippen MR) is 128 cm³/mol. The summed E-state index contributed by atoms with van der Waals surface area (Å²) in [7, 11) is 0. The van der Waals surface area contributed by atoms with Gasteiger partial charge in [0.15, 0.2) is 11.5 Å². The third-order valence-electron chi connectivity index (χ3n) is 6.49. The fourth-order valence-corrected chi connectivity index (χ4v) is 4.76. The van der Waals surface area contributed by atoms with Gasteiger partial charge in [-0.15, -0.1) is 0 Å². The monoisotopic (exact) mass is 473 g/mol. The minimum atomic E-state index is -0.922. The number of fused-ring (bicyclic) bond motifs is 3. The van der Waals surface area contributed by atoms with E-state index in [0.717, 1.165) is 6.42 Å². The zero-order chi connectivity index (χ0) is 23.9. The first-order valence-corrected chi connectivity index (χ1v) is 11.5. The molecule has 0 saturated carbocycles. The number of nitrogens with one attached hydrogen (secondary N) is 3. The number of benzene rings is 2. The van der Waals surface area contributed by atoms with Gasteiger partial charge in [0.05, 0.1) is 11.5 Å². The maximum absolute atomic E-state index is 13.0. The van der Waals surface area contributed by atoms with E-state index in [9.17, 15) is 14.4 Å². The standard InChI is InChI=1S/C25H23N5O5/c31-20(26-16-5-6-18-19(11-16)35-10-9-34-18)12-17-21-22(27-23(17)32)28-25(29-24(21)33)30-8-7-14-3-1-2-4-15(14)13-30/h1-6,11,17H,7-10,12-13H2,(H,26,31)(H2,27,28,29,32,33)/t17-/m1/s1. The molecule has 3 aliphatic rings. The largest absolute Gasteiger partial charge is 0.486 e. The van der Waals surface area contributed by atoms with Gasteiger partial charge in [-0.25, -0.2) is 0 Å². The number of amides is 2. The summed E-state index contributed by atoms with van der Waals surface area (Å²) in [5, 5.41) is 5.45. The van der Waals surface area contributed by atoms with E-state index < -0.39 is 23.3 Å². The molecule has 2 amide bonds. The number of rotatable bonds is 4. The molecule has 0 spiro atoms. The molecule has 35 heavy (non-hydrogen) atoms. The van der Waals surface area contributed by atoms with Crippen molar-refractivity contribution >= 4 is 29.3 Å². The molecule has 3 N–H and O–H groups in total. The summed E-state index contributed by atoms with van der Waals surface area (Å²) in [4.78, 5) is 47.7. The lowest BCUT2D eigenvalue weighted by molar-refractivity contribution is -0.122. The molecule has 2 aromatic carbocycles. The molecule has 3 aliphatic heterocycles. The van der Waals surface area contributed by atoms with E-state index in [1.54, 1.807) is 18.2 Å². The Hall–Kier alpha value is -4.34. The van der Waals surface area contributed by atoms with Crippen LogP contribution in [0.1, 0.15) is 29.0 Å². The van der Waals surface area contributed by atoms with E-state index in [4.69, 9.17) is 9.47 Å². The molecular weight excluding hydrogens is 450 g/mol. The van der Waals surface area contributed by atoms with Crippen LogP contribution in [0.5, 0.6) is 11.5 Å². The van der Waals surface area contributed by atoms with E-state index in [1.165, 1.54) is 11.1 Å². The maximum Gasteiger partial charge on any atom is 0.258 e. The maximum atomic E-state index is 13.0. The zero-order valence-electron chi connectivity index (χ0n) is 18.8. The summed E-state index contributed by atoms with van der Waals surface area (Å²) in [6.07, 6.45) is 0.653. The van der Waals surface area contributed by atoms with Crippen LogP contribution in [0.2, 0.25) is 0 Å². The van der Waals surface area contributed by atoms with Crippen molar-refractivity contribution in [3.8, 4) is 11.5 Å². The van der Waals surface area contributed by atoms with Crippen LogP contribution < -0.4 is 30.6 Å². The van der Waals surface area contributed by atoms with Crippen LogP contribution in [-0.4, -0.2) is 41.5 Å². The van der Waals surface area contributed by atoms with Crippen molar-refractivity contribution in [3.05, 3.63) is 69.5 Å². The average molecular weight is 473 g/mol. The normalized spacial score (nSPS) is 17.9. The lowest BCUT2D eigenvalue weighted by Crippen LogP contribution is -2.33. The van der Waals surface area contributed by atoms with Gasteiger partial charge < -0.3 is 25.0 Å². The van der Waals surface area contributed by atoms with Crippen LogP contribution in [0, 0.1) is 0 Å². The quantitative estimate of drug-likeness (QED) is 0.530. The van der Waals surface area contributed by atoms with Crippen molar-refractivity contribution in [1.82, 2.24) is 9.97 Å². The number of aromatic nitrogens is 2. The minimum Gasteiger partial charge on any atom is -0.486 e. The van der Waals surface area contributed by atoms with Gasteiger partial charge in [0.1, 0.15) is 19.0 Å². The number of hydrogen-bond donors (Lipinski definition) is 3. The van der Waals surface area contributed by atoms with Crippen molar-refractivity contribution in [2.75, 3.05) is 35.3 Å². The van der Waals surface area contributed by atoms with E-state index in [-0.39, 0.29) is 17.8 Å². The Morgan fingerprint density at radius 3 is 2.74 bits per heavy atom. The lowest BCUT2D eigenvalue weighted by Gasteiger charge is -2.29. The van der Waals surface area contributed by atoms with Crippen molar-refractivity contribution in [1.29, 1.82) is 0 Å². The Labute approximate surface area is 200 Å². The first-order valence-electron chi connectivity index (χ1n) is 11.5. The van der Waals surface area contributed by atoms with E-state index in [2.05, 4.69) is 32.7 Å². The molecule has 0 saturated heterocycles. The fourth-order valence-electron chi connectivity index (χ4n) is 4.76. The average Bonchev–Trinajstić information content (AvgIpc) is 3.18. The molecule has 178 valence electrons. The second kappa shape index (κ2) is 8.46. The Kier molecular flexibility index (Phi) is 5.13. The SMILES string of the molecule is O=C(C[C@H]1C(=O)Nc2nc(N3CCc4ccccc4C3)[nH]c(=O)c21)Nc1ccc2c(c1)OCCO2. The van der Waals surface area contributed by atoms with Gasteiger partial charge in [0.25, 0.3) is 5.56 Å². The van der Waals surface area contributed by atoms with Crippen LogP contribution in [0.25, 0.3) is 0 Å². The molecule has 0 unspecified atom stereocenters. The summed E-state index contributed by atoms with van der Waals surface area (Å²) < 4.78 is 11.0. The molecule has 6 rings (SSSR count). The first kappa shape index (κ1) is 21.2. The Morgan fingerprint density at radius 1 is 1.09 bits per heavy atom. The highest BCUT2D eigenvalue weighted by molar-refractivity contribution is 6.05. The molecule has 10 heteroatoms. The molecule has 4 heterocycles. The zero-order valence-corrected chi connectivity index (χ0v) is 18.8. The third-order valence-corrected chi connectivity index (χ3v) is 6.49. The molecule has 1 atom stereocenters. The Bertz CT molecular complexity index is 1400. The summed E-state index contributed by atoms with van der Waals surface area (Å²) in [6.45, 7) is 2.23. The number of aromatic amines is 1. The smallest absolute Gasteiger partial charge is 0.258 e. The Morgan fingerprint density at radius 2 is 1.89 bits per heavy atom. The number of anilines is 3. The van der Waals surface area contributed by atoms with Crippen LogP contribution in [0.15, 0.2) is 47.3 Å². The summed E-state index contributed by atoms with van der Waals surface area (Å²) in [5.41, 5.74) is 2.75. The van der Waals surface area contributed by atoms with Crippen molar-refractivity contribution in [2.24, 2.45) is 0 Å². The van der Waals surface area contributed by atoms with E-state index >= 15 is 0 Å². The van der Waals surface area contributed by atoms with Crippen LogP contribution >= 0.6 is 0 Å². The van der Waals surface area contributed by atoms with Gasteiger partial charge in [0.2, 0.25) is 17.8 Å². The molecular formula is C25H23N5O5. The number of ether oxygens (including phenoxy) is 2. The number of carbonyl (C=O) groups is 2. The number of carbonyl (C=O) groups excluding carboxylic acids is 2. The van der Waals surface area contributed by atoms with Gasteiger partial charge in [0, 0.05) is 31.3 Å². The van der Waals surface area contributed by atoms with Crippen molar-refractivity contribution in [3.63, 3.8) is 0 Å². The highest BCUT2D eigenvalue weighted by Crippen LogP contribution is 2.34. The minimum absolute atomic E-state index is 0.186. The van der Waals surface area contributed by atoms with Crippen molar-refractivity contribution < 1.29 is 19.1 Å². The van der Waals surface area contributed by atoms with E-state index in [1.807, 2.05) is 17.0 Å². The van der Waals surface area contributed by atoms with Gasteiger partial charge in [-0.2, -0.15) is 4.98 Å². The molecule has 0 bridgehead atoms. The number of hydrogen-bond acceptors (Lipinski definition) is 7. The van der Waals surface area contributed by atoms with Gasteiger partial charge in [-0.05, 0) is 29.7 Å². The molecule has 3 aromatic rings. The second-order valence-electron chi connectivity index (χ2n) is 8.74. The summed E-state index contributed by atoms with van der Waals surface area (Å²) in [6, 6.07) is 13.3. The Balaban J connectivity index is 1.19. The van der Waals surface area contributed by atoms with Crippen LogP contribution in [0.3, 0.4) is 0 Å². The molecule has 0 fully saturated rings. The van der Waals surface area contributed by atoms with Crippen molar-refractivity contribution in [2.45, 2.75) is 25.3 Å². The second-order valence-corrected chi connectivity index (χ2v) is 8.74. The van der Waals surface area contributed by atoms with Gasteiger partial charge in [-0.3, -0.25) is 19.4 Å². The molecule has 1 aromatic heterocycles. The van der Waals surface area contributed by atoms with E-state index in [0.29, 0.717) is 49.4 Å². The summed E-state index contributed by atoms with van der Waals surface area (Å²) >= 11 is 0. The molecule has 10 nitrogen and oxygen atoms in total. The lowest BCUT2D eigenvalue weighted by atomic mass is 9.99. The van der Waals surface area contributed by atoms with Gasteiger partial charge in [-0.1, -0.05) is 24.3 Å². The van der Waals surface area contributed by atoms with Crippen LogP contribution in [-0.2, 0) is 22.6 Å². The summed E-state index contributed by atoms with van der Waals surface area (Å²) in [5.74, 6) is 0.0435. The third kappa shape index (κ3) is 3.96. The highest BCUT2D eigenvalue weighted by Gasteiger charge is 2.37. The number of nitrogens with zero attached hydrogens (tertiary/aromatic N) is 2.